The van der Waals surface area contributed by atoms with Crippen LogP contribution in [0.3, 0.4) is 0 Å². The predicted molar refractivity (Wildman–Crippen MR) is 58.1 cm³/mol. The van der Waals surface area contributed by atoms with Gasteiger partial charge in [0.1, 0.15) is 0 Å². The van der Waals surface area contributed by atoms with E-state index in [9.17, 15) is 0 Å². The summed E-state index contributed by atoms with van der Waals surface area (Å²) in [5.41, 5.74) is 0. The van der Waals surface area contributed by atoms with Crippen molar-refractivity contribution < 1.29 is 0 Å². The van der Waals surface area contributed by atoms with Crippen LogP contribution in [0.1, 0.15) is 31.0 Å². The molecule has 2 bridgehead atoms. The Hall–Kier alpha value is -0.840. The van der Waals surface area contributed by atoms with Gasteiger partial charge < -0.3 is 5.84 Å². The van der Waals surface area contributed by atoms with Gasteiger partial charge in [-0.25, -0.2) is 4.68 Å². The molecule has 0 aliphatic heterocycles. The molecule has 80 valence electrons. The molecule has 4 nitrogen and oxygen atoms in total. The number of H-pyrrole nitrogens is 1. The first-order chi connectivity index (χ1) is 7.27. The van der Waals surface area contributed by atoms with Gasteiger partial charge in [0.05, 0.1) is 0 Å². The highest BCUT2D eigenvalue weighted by atomic mass is 32.1. The van der Waals surface area contributed by atoms with E-state index in [1.807, 2.05) is 0 Å². The van der Waals surface area contributed by atoms with Crippen molar-refractivity contribution in [3.05, 3.63) is 10.6 Å². The lowest BCUT2D eigenvalue weighted by atomic mass is 10.0. The number of rotatable bonds is 1. The molecule has 0 aromatic carbocycles. The Morgan fingerprint density at radius 3 is 2.53 bits per heavy atom. The fourth-order valence-electron chi connectivity index (χ4n) is 4.22. The second kappa shape index (κ2) is 2.45. The summed E-state index contributed by atoms with van der Waals surface area (Å²) in [7, 11) is 0. The van der Waals surface area contributed by atoms with Gasteiger partial charge in [0.15, 0.2) is 5.82 Å². The van der Waals surface area contributed by atoms with Crippen LogP contribution >= 0.6 is 12.2 Å². The van der Waals surface area contributed by atoms with Gasteiger partial charge in [0, 0.05) is 5.92 Å². The molecule has 3 N–H and O–H groups in total. The fraction of sp³-hybridized carbons (Fsp3) is 0.800. The smallest absolute Gasteiger partial charge is 0.214 e. The lowest BCUT2D eigenvalue weighted by Gasteiger charge is -2.06. The molecule has 1 aromatic heterocycles. The van der Waals surface area contributed by atoms with Crippen LogP contribution in [0.25, 0.3) is 0 Å². The molecule has 4 rings (SSSR count). The van der Waals surface area contributed by atoms with Crippen LogP contribution in [0.15, 0.2) is 0 Å². The lowest BCUT2D eigenvalue weighted by Crippen LogP contribution is -2.14. The summed E-state index contributed by atoms with van der Waals surface area (Å²) in [6, 6.07) is 0. The number of hydrogen-bond acceptors (Lipinski definition) is 3. The topological polar surface area (TPSA) is 59.6 Å². The van der Waals surface area contributed by atoms with E-state index in [-0.39, 0.29) is 0 Å². The summed E-state index contributed by atoms with van der Waals surface area (Å²) in [6.07, 6.45) is 4.32. The standard InChI is InChI=1S/C10H14N4S/c11-14-9(12-13-10(14)15)8-6-4-1-2-5(3-4)7(6)8/h4-8H,1-3,11H2,(H,13,15). The second-order valence-corrected chi connectivity index (χ2v) is 5.66. The molecule has 1 aromatic rings. The quantitative estimate of drug-likeness (QED) is 0.558. The highest BCUT2D eigenvalue weighted by Crippen LogP contribution is 2.72. The first kappa shape index (κ1) is 8.33. The minimum atomic E-state index is 0.544. The van der Waals surface area contributed by atoms with Crippen molar-refractivity contribution >= 4 is 12.2 Å². The highest BCUT2D eigenvalue weighted by Gasteiger charge is 2.66. The minimum Gasteiger partial charge on any atom is -0.335 e. The zero-order valence-corrected chi connectivity index (χ0v) is 9.20. The molecular formula is C10H14N4S. The Balaban J connectivity index is 1.72. The van der Waals surface area contributed by atoms with Gasteiger partial charge in [-0.2, -0.15) is 5.10 Å². The van der Waals surface area contributed by atoms with Gasteiger partial charge in [-0.1, -0.05) is 0 Å². The first-order valence-corrected chi connectivity index (χ1v) is 6.10. The second-order valence-electron chi connectivity index (χ2n) is 5.27. The van der Waals surface area contributed by atoms with E-state index in [0.717, 1.165) is 29.5 Å². The van der Waals surface area contributed by atoms with Gasteiger partial charge in [-0.15, -0.1) is 0 Å². The van der Waals surface area contributed by atoms with E-state index < -0.39 is 0 Å². The zero-order chi connectivity index (χ0) is 10.2. The largest absolute Gasteiger partial charge is 0.335 e. The maximum Gasteiger partial charge on any atom is 0.214 e. The van der Waals surface area contributed by atoms with Crippen molar-refractivity contribution in [3.63, 3.8) is 0 Å². The maximum absolute atomic E-state index is 5.88. The normalized spacial score (nSPS) is 45.7. The van der Waals surface area contributed by atoms with Gasteiger partial charge >= 0.3 is 0 Å². The molecule has 4 atom stereocenters. The van der Waals surface area contributed by atoms with Crippen LogP contribution < -0.4 is 5.84 Å². The summed E-state index contributed by atoms with van der Waals surface area (Å²) in [4.78, 5) is 0. The summed E-state index contributed by atoms with van der Waals surface area (Å²) in [5, 5.41) is 7.07. The van der Waals surface area contributed by atoms with Crippen molar-refractivity contribution in [2.75, 3.05) is 5.84 Å². The van der Waals surface area contributed by atoms with E-state index in [4.69, 9.17) is 18.1 Å². The molecule has 0 amide bonds. The number of nitrogen functional groups attached to an aromatic ring is 1. The van der Waals surface area contributed by atoms with Crippen molar-refractivity contribution in [2.24, 2.45) is 23.7 Å². The summed E-state index contributed by atoms with van der Waals surface area (Å²) < 4.78 is 2.11. The highest BCUT2D eigenvalue weighted by molar-refractivity contribution is 7.71. The third-order valence-electron chi connectivity index (χ3n) is 4.77. The van der Waals surface area contributed by atoms with Gasteiger partial charge in [0.2, 0.25) is 4.77 Å². The summed E-state index contributed by atoms with van der Waals surface area (Å²) in [6.45, 7) is 0. The zero-order valence-electron chi connectivity index (χ0n) is 8.39. The van der Waals surface area contributed by atoms with Crippen molar-refractivity contribution in [3.8, 4) is 0 Å². The number of nitrogens with one attached hydrogen (secondary N) is 1. The number of aromatic amines is 1. The third-order valence-corrected chi connectivity index (χ3v) is 5.05. The molecule has 0 saturated heterocycles. The Kier molecular flexibility index (Phi) is 1.36. The molecule has 5 heteroatoms. The van der Waals surface area contributed by atoms with E-state index in [1.54, 1.807) is 4.68 Å². The monoisotopic (exact) mass is 222 g/mol. The van der Waals surface area contributed by atoms with Crippen molar-refractivity contribution in [1.82, 2.24) is 14.9 Å². The Labute approximate surface area is 92.8 Å². The Morgan fingerprint density at radius 2 is 2.00 bits per heavy atom. The van der Waals surface area contributed by atoms with Crippen LogP contribution in [-0.2, 0) is 0 Å². The third kappa shape index (κ3) is 0.880. The fourth-order valence-corrected chi connectivity index (χ4v) is 4.36. The number of hydrogen-bond donors (Lipinski definition) is 2. The summed E-state index contributed by atoms with van der Waals surface area (Å²) in [5.74, 6) is 11.1. The predicted octanol–water partition coefficient (Wildman–Crippen LogP) is 1.41. The van der Waals surface area contributed by atoms with Gasteiger partial charge in [-0.05, 0) is 55.2 Å². The molecule has 3 saturated carbocycles. The molecular weight excluding hydrogens is 208 g/mol. The molecule has 3 aliphatic carbocycles. The van der Waals surface area contributed by atoms with Crippen LogP contribution in [0.5, 0.6) is 0 Å². The SMILES string of the molecule is Nn1c(C2C3C4CCC(C4)C23)n[nH]c1=S. The molecule has 3 fully saturated rings. The Morgan fingerprint density at radius 1 is 1.33 bits per heavy atom. The van der Waals surface area contributed by atoms with Gasteiger partial charge in [-0.3, -0.25) is 5.10 Å². The van der Waals surface area contributed by atoms with Crippen molar-refractivity contribution in [2.45, 2.75) is 25.2 Å². The van der Waals surface area contributed by atoms with Crippen LogP contribution in [-0.4, -0.2) is 14.9 Å². The molecule has 15 heavy (non-hydrogen) atoms. The maximum atomic E-state index is 5.88. The van der Waals surface area contributed by atoms with Crippen LogP contribution in [0.4, 0.5) is 0 Å². The van der Waals surface area contributed by atoms with Crippen LogP contribution in [0.2, 0.25) is 0 Å². The average Bonchev–Trinajstić information content (AvgIpc) is 2.60. The first-order valence-electron chi connectivity index (χ1n) is 5.70. The van der Waals surface area contributed by atoms with Crippen LogP contribution in [0, 0.1) is 28.4 Å². The average molecular weight is 222 g/mol. The number of fused-ring (bicyclic) bond motifs is 5. The van der Waals surface area contributed by atoms with E-state index in [1.165, 1.54) is 19.3 Å². The lowest BCUT2D eigenvalue weighted by molar-refractivity contribution is 0.456. The van der Waals surface area contributed by atoms with E-state index in [0.29, 0.717) is 10.7 Å². The van der Waals surface area contributed by atoms with Crippen molar-refractivity contribution in [1.29, 1.82) is 0 Å². The number of nitrogens with two attached hydrogens (primary N) is 1. The number of nitrogens with zero attached hydrogens (tertiary/aromatic N) is 2. The van der Waals surface area contributed by atoms with Gasteiger partial charge in [0.25, 0.3) is 0 Å². The van der Waals surface area contributed by atoms with E-state index in [2.05, 4.69) is 10.2 Å². The number of aromatic nitrogens is 3. The summed E-state index contributed by atoms with van der Waals surface area (Å²) >= 11 is 5.05. The molecule has 0 radical (unpaired) electrons. The molecule has 1 heterocycles. The Bertz CT molecular complexity index is 460. The molecule has 4 unspecified atom stereocenters. The molecule has 3 aliphatic rings. The molecule has 0 spiro atoms. The van der Waals surface area contributed by atoms with E-state index >= 15 is 0 Å². The minimum absolute atomic E-state index is 0.544.